The predicted molar refractivity (Wildman–Crippen MR) is 75.5 cm³/mol. The molecule has 0 amide bonds. The highest BCUT2D eigenvalue weighted by Crippen LogP contribution is 2.27. The number of hydrazine groups is 1. The number of aromatic nitrogens is 2. The fraction of sp³-hybridized carbons (Fsp3) is 0.0667. The van der Waals surface area contributed by atoms with Crippen LogP contribution >= 0.6 is 0 Å². The molecule has 0 atom stereocenters. The average Bonchev–Trinajstić information content (AvgIpc) is 2.49. The van der Waals surface area contributed by atoms with E-state index in [0.717, 1.165) is 22.6 Å². The first-order chi connectivity index (χ1) is 9.36. The molecule has 2 N–H and O–H groups in total. The van der Waals surface area contributed by atoms with E-state index in [-0.39, 0.29) is 0 Å². The van der Waals surface area contributed by atoms with Crippen LogP contribution < -0.4 is 5.84 Å². The Morgan fingerprint density at radius 2 is 1.95 bits per heavy atom. The third-order valence-electron chi connectivity index (χ3n) is 2.99. The molecule has 4 nitrogen and oxygen atoms in total. The number of hydrogen-bond donors (Lipinski definition) is 1. The molecule has 0 radical (unpaired) electrons. The fourth-order valence-corrected chi connectivity index (χ4v) is 2.08. The summed E-state index contributed by atoms with van der Waals surface area (Å²) in [4.78, 5) is 8.85. The molecule has 0 aliphatic carbocycles. The summed E-state index contributed by atoms with van der Waals surface area (Å²) < 4.78 is 0. The van der Waals surface area contributed by atoms with E-state index in [1.165, 1.54) is 0 Å². The number of allylic oxidation sites excluding steroid dienone is 2. The maximum absolute atomic E-state index is 6.01. The summed E-state index contributed by atoms with van der Waals surface area (Å²) in [6.45, 7) is 0.685. The van der Waals surface area contributed by atoms with Crippen LogP contribution in [0.4, 0.5) is 0 Å². The number of nitrogens with zero attached hydrogens (tertiary/aromatic N) is 3. The second-order valence-electron chi connectivity index (χ2n) is 4.25. The van der Waals surface area contributed by atoms with Crippen molar-refractivity contribution in [3.05, 3.63) is 66.6 Å². The number of pyridine rings is 2. The van der Waals surface area contributed by atoms with Crippen LogP contribution in [0.5, 0.6) is 0 Å². The molecule has 1 aliphatic heterocycles. The van der Waals surface area contributed by atoms with Gasteiger partial charge in [-0.3, -0.25) is 9.97 Å². The van der Waals surface area contributed by atoms with E-state index in [9.17, 15) is 0 Å². The zero-order valence-electron chi connectivity index (χ0n) is 10.4. The highest BCUT2D eigenvalue weighted by Gasteiger charge is 2.15. The zero-order valence-corrected chi connectivity index (χ0v) is 10.4. The molecule has 94 valence electrons. The summed E-state index contributed by atoms with van der Waals surface area (Å²) in [6, 6.07) is 9.76. The van der Waals surface area contributed by atoms with Gasteiger partial charge in [0.15, 0.2) is 0 Å². The topological polar surface area (TPSA) is 55.0 Å². The van der Waals surface area contributed by atoms with Crippen molar-refractivity contribution in [1.82, 2.24) is 15.0 Å². The van der Waals surface area contributed by atoms with Gasteiger partial charge in [0.05, 0.1) is 23.6 Å². The first-order valence-corrected chi connectivity index (χ1v) is 6.12. The molecular weight excluding hydrogens is 236 g/mol. The van der Waals surface area contributed by atoms with Gasteiger partial charge in [-0.15, -0.1) is 0 Å². The van der Waals surface area contributed by atoms with Crippen molar-refractivity contribution < 1.29 is 0 Å². The Balaban J connectivity index is 2.13. The van der Waals surface area contributed by atoms with Crippen molar-refractivity contribution >= 4 is 5.70 Å². The second-order valence-corrected chi connectivity index (χ2v) is 4.25. The Hall–Kier alpha value is -2.46. The summed E-state index contributed by atoms with van der Waals surface area (Å²) in [6.07, 6.45) is 9.52. The molecule has 0 saturated carbocycles. The minimum Gasteiger partial charge on any atom is -0.305 e. The van der Waals surface area contributed by atoms with Gasteiger partial charge in [-0.1, -0.05) is 18.2 Å². The monoisotopic (exact) mass is 250 g/mol. The molecule has 0 fully saturated rings. The average molecular weight is 250 g/mol. The largest absolute Gasteiger partial charge is 0.305 e. The van der Waals surface area contributed by atoms with Crippen molar-refractivity contribution in [2.45, 2.75) is 0 Å². The van der Waals surface area contributed by atoms with Crippen LogP contribution in [0.15, 0.2) is 61.0 Å². The van der Waals surface area contributed by atoms with Crippen LogP contribution in [0.2, 0.25) is 0 Å². The van der Waals surface area contributed by atoms with Crippen LogP contribution in [-0.4, -0.2) is 21.5 Å². The zero-order chi connectivity index (χ0) is 13.1. The van der Waals surface area contributed by atoms with Gasteiger partial charge in [0.25, 0.3) is 0 Å². The maximum atomic E-state index is 6.01. The Morgan fingerprint density at radius 1 is 1.05 bits per heavy atom. The Kier molecular flexibility index (Phi) is 3.08. The molecule has 1 aliphatic rings. The van der Waals surface area contributed by atoms with Crippen molar-refractivity contribution in [3.63, 3.8) is 0 Å². The molecule has 0 saturated heterocycles. The van der Waals surface area contributed by atoms with E-state index in [4.69, 9.17) is 5.84 Å². The number of hydrogen-bond acceptors (Lipinski definition) is 4. The van der Waals surface area contributed by atoms with Gasteiger partial charge in [0.1, 0.15) is 0 Å². The van der Waals surface area contributed by atoms with E-state index in [0.29, 0.717) is 6.54 Å². The Morgan fingerprint density at radius 3 is 2.74 bits per heavy atom. The van der Waals surface area contributed by atoms with Crippen LogP contribution in [0.25, 0.3) is 17.0 Å². The van der Waals surface area contributed by atoms with E-state index >= 15 is 0 Å². The fourth-order valence-electron chi connectivity index (χ4n) is 2.08. The van der Waals surface area contributed by atoms with Gasteiger partial charge in [0, 0.05) is 18.0 Å². The molecule has 3 rings (SSSR count). The van der Waals surface area contributed by atoms with Crippen LogP contribution in [0.1, 0.15) is 5.69 Å². The van der Waals surface area contributed by atoms with Crippen molar-refractivity contribution in [2.24, 2.45) is 5.84 Å². The normalized spacial score (nSPS) is 14.4. The molecule has 2 aromatic rings. The maximum Gasteiger partial charge on any atom is 0.0970 e. The minimum absolute atomic E-state index is 0.685. The lowest BCUT2D eigenvalue weighted by Gasteiger charge is -2.23. The summed E-state index contributed by atoms with van der Waals surface area (Å²) in [5.41, 5.74) is 3.64. The number of nitrogens with two attached hydrogens (primary N) is 1. The first-order valence-electron chi connectivity index (χ1n) is 6.12. The van der Waals surface area contributed by atoms with E-state index < -0.39 is 0 Å². The Labute approximate surface area is 111 Å². The molecule has 0 spiro atoms. The lowest BCUT2D eigenvalue weighted by atomic mass is 10.1. The third kappa shape index (κ3) is 2.26. The highest BCUT2D eigenvalue weighted by molar-refractivity contribution is 5.77. The minimum atomic E-state index is 0.685. The summed E-state index contributed by atoms with van der Waals surface area (Å²) in [5.74, 6) is 6.01. The SMILES string of the molecule is NN1CC=CC=C1c1ncccc1-c1ccccn1. The number of rotatable bonds is 2. The molecule has 0 unspecified atom stereocenters. The molecule has 19 heavy (non-hydrogen) atoms. The van der Waals surface area contributed by atoms with Crippen molar-refractivity contribution in [1.29, 1.82) is 0 Å². The molecule has 0 aromatic carbocycles. The standard InChI is InChI=1S/C15H14N4/c16-19-11-4-2-8-14(19)15-12(6-5-10-18-15)13-7-1-3-9-17-13/h1-10H,11,16H2. The van der Waals surface area contributed by atoms with Crippen molar-refractivity contribution in [2.75, 3.05) is 6.54 Å². The molecule has 3 heterocycles. The quantitative estimate of drug-likeness (QED) is 0.830. The van der Waals surface area contributed by atoms with Gasteiger partial charge in [-0.2, -0.15) is 0 Å². The summed E-state index contributed by atoms with van der Waals surface area (Å²) in [5, 5.41) is 1.69. The molecular formula is C15H14N4. The smallest absolute Gasteiger partial charge is 0.0970 e. The van der Waals surface area contributed by atoms with E-state index in [1.54, 1.807) is 17.4 Å². The van der Waals surface area contributed by atoms with Gasteiger partial charge < -0.3 is 5.01 Å². The lowest BCUT2D eigenvalue weighted by Crippen LogP contribution is -2.31. The third-order valence-corrected chi connectivity index (χ3v) is 2.99. The van der Waals surface area contributed by atoms with Crippen LogP contribution in [-0.2, 0) is 0 Å². The van der Waals surface area contributed by atoms with E-state index in [2.05, 4.69) is 9.97 Å². The molecule has 4 heteroatoms. The van der Waals surface area contributed by atoms with E-state index in [1.807, 2.05) is 48.6 Å². The second kappa shape index (κ2) is 5.04. The highest BCUT2D eigenvalue weighted by atomic mass is 15.4. The van der Waals surface area contributed by atoms with Crippen LogP contribution in [0, 0.1) is 0 Å². The lowest BCUT2D eigenvalue weighted by molar-refractivity contribution is 0.457. The van der Waals surface area contributed by atoms with Crippen LogP contribution in [0.3, 0.4) is 0 Å². The van der Waals surface area contributed by atoms with Gasteiger partial charge in [-0.05, 0) is 30.3 Å². The first kappa shape index (κ1) is 11.6. The Bertz CT molecular complexity index is 632. The summed E-state index contributed by atoms with van der Waals surface area (Å²) >= 11 is 0. The summed E-state index contributed by atoms with van der Waals surface area (Å²) in [7, 11) is 0. The van der Waals surface area contributed by atoms with Crippen molar-refractivity contribution in [3.8, 4) is 11.3 Å². The van der Waals surface area contributed by atoms with Gasteiger partial charge in [0.2, 0.25) is 0 Å². The predicted octanol–water partition coefficient (Wildman–Crippen LogP) is 2.23. The molecule has 2 aromatic heterocycles. The van der Waals surface area contributed by atoms with Gasteiger partial charge >= 0.3 is 0 Å². The molecule has 0 bridgehead atoms. The van der Waals surface area contributed by atoms with Gasteiger partial charge in [-0.25, -0.2) is 5.84 Å².